The number of aliphatic carboxylic acids is 1. The number of piperidine rings is 1. The van der Waals surface area contributed by atoms with E-state index in [0.717, 1.165) is 47.9 Å². The number of amides is 4. The second-order valence-electron chi connectivity index (χ2n) is 16.7. The molecule has 0 radical (unpaired) electrons. The first-order valence-corrected chi connectivity index (χ1v) is 21.1. The van der Waals surface area contributed by atoms with E-state index in [0.29, 0.717) is 50.0 Å². The number of halogens is 4. The van der Waals surface area contributed by atoms with Crippen LogP contribution < -0.4 is 21.7 Å². The van der Waals surface area contributed by atoms with Gasteiger partial charge in [-0.15, -0.1) is 10.2 Å². The van der Waals surface area contributed by atoms with E-state index in [2.05, 4.69) is 31.0 Å². The molecule has 7 N–H and O–H groups in total. The summed E-state index contributed by atoms with van der Waals surface area (Å²) in [7, 11) is 4.06. The third-order valence-electron chi connectivity index (χ3n) is 12.2. The van der Waals surface area contributed by atoms with E-state index < -0.39 is 35.6 Å². The standard InChI is InChI=1S/C45H53F4N9O6/c1-26-22-32(39(60)51-25-37(59)58-20-18-34(19-21-58)57(2)3)14-17-35(26)29-8-4-27(5-9-29)23-36(53-40(61)31-10-6-28(24-50)7-11-31)41(62)52-33-15-12-30(13-16-33)38-54-42(56-55-38)44(46,47)45(48,49)43(63)64/h4-5,8-9,12-17,22,28,31,34,36H,6-7,10-11,18-21,23-25,50H2,1-3H3,(H,51,60)(H,52,62)(H,53,61)(H,63,64)(H,54,55,56)/t28-,31-,36-/m0/s1. The summed E-state index contributed by atoms with van der Waals surface area (Å²) >= 11 is 0. The van der Waals surface area contributed by atoms with Crippen LogP contribution in [-0.2, 0) is 31.5 Å². The van der Waals surface area contributed by atoms with Gasteiger partial charge in [-0.2, -0.15) is 17.6 Å². The lowest BCUT2D eigenvalue weighted by atomic mass is 9.81. The molecule has 2 fully saturated rings. The molecule has 0 unspecified atom stereocenters. The lowest BCUT2D eigenvalue weighted by Crippen LogP contribution is -2.48. The van der Waals surface area contributed by atoms with Gasteiger partial charge in [-0.25, -0.2) is 4.79 Å². The van der Waals surface area contributed by atoms with Crippen LogP contribution >= 0.6 is 0 Å². The molecule has 2 aliphatic rings. The molecule has 0 bridgehead atoms. The van der Waals surface area contributed by atoms with Crippen molar-refractivity contribution in [2.75, 3.05) is 45.6 Å². The molecule has 0 spiro atoms. The van der Waals surface area contributed by atoms with Crippen LogP contribution in [0.25, 0.3) is 22.5 Å². The number of rotatable bonds is 16. The summed E-state index contributed by atoms with van der Waals surface area (Å²) in [5, 5.41) is 23.6. The molecule has 64 heavy (non-hydrogen) atoms. The molecule has 1 aliphatic heterocycles. The highest BCUT2D eigenvalue weighted by Crippen LogP contribution is 2.42. The highest BCUT2D eigenvalue weighted by atomic mass is 19.3. The number of aromatic nitrogens is 3. The zero-order valence-corrected chi connectivity index (χ0v) is 35.8. The number of carboxylic acid groups (broad SMARTS) is 1. The monoisotopic (exact) mass is 891 g/mol. The summed E-state index contributed by atoms with van der Waals surface area (Å²) in [6.07, 6.45) is 4.76. The second kappa shape index (κ2) is 20.1. The van der Waals surface area contributed by atoms with Crippen LogP contribution in [0.4, 0.5) is 23.2 Å². The Balaban J connectivity index is 1.11. The Bertz CT molecular complexity index is 2310. The summed E-state index contributed by atoms with van der Waals surface area (Å²) in [6.45, 7) is 3.64. The van der Waals surface area contributed by atoms with Gasteiger partial charge in [-0.1, -0.05) is 30.3 Å². The number of alkyl halides is 4. The molecule has 19 heteroatoms. The van der Waals surface area contributed by atoms with Crippen LogP contribution in [0, 0.1) is 18.8 Å². The SMILES string of the molecule is Cc1cc(C(=O)NCC(=O)N2CCC(N(C)C)CC2)ccc1-c1ccc(C[C@H](NC(=O)[C@H]2CC[C@H](CN)CC2)C(=O)Nc2ccc(-c3nnc(C(F)(F)C(F)(F)C(=O)O)[nH]3)cc2)cc1. The summed E-state index contributed by atoms with van der Waals surface area (Å²) in [5.74, 6) is -16.9. The largest absolute Gasteiger partial charge is 0.477 e. The van der Waals surface area contributed by atoms with Gasteiger partial charge in [-0.05, 0) is 131 Å². The van der Waals surface area contributed by atoms with Crippen molar-refractivity contribution in [2.24, 2.45) is 17.6 Å². The summed E-state index contributed by atoms with van der Waals surface area (Å²) < 4.78 is 56.0. The Morgan fingerprint density at radius 1 is 0.891 bits per heavy atom. The van der Waals surface area contributed by atoms with E-state index in [1.807, 2.05) is 56.3 Å². The molecule has 342 valence electrons. The van der Waals surface area contributed by atoms with Gasteiger partial charge < -0.3 is 41.6 Å². The number of likely N-dealkylation sites (tertiary alicyclic amines) is 1. The predicted octanol–water partition coefficient (Wildman–Crippen LogP) is 4.97. The normalized spacial score (nSPS) is 17.7. The predicted molar refractivity (Wildman–Crippen MR) is 229 cm³/mol. The minimum Gasteiger partial charge on any atom is -0.477 e. The molecular weight excluding hydrogens is 839 g/mol. The number of carbonyl (C=O) groups is 5. The van der Waals surface area contributed by atoms with Crippen LogP contribution in [0.15, 0.2) is 66.7 Å². The number of nitrogens with one attached hydrogen (secondary N) is 4. The van der Waals surface area contributed by atoms with Gasteiger partial charge in [0.05, 0.1) is 6.54 Å². The van der Waals surface area contributed by atoms with Crippen LogP contribution in [0.1, 0.15) is 65.8 Å². The Morgan fingerprint density at radius 3 is 2.12 bits per heavy atom. The topological polar surface area (TPSA) is 216 Å². The van der Waals surface area contributed by atoms with Crippen LogP contribution in [0.5, 0.6) is 0 Å². The van der Waals surface area contributed by atoms with E-state index in [4.69, 9.17) is 10.8 Å². The first-order valence-electron chi connectivity index (χ1n) is 21.1. The summed E-state index contributed by atoms with van der Waals surface area (Å²) in [6, 6.07) is 17.7. The zero-order chi connectivity index (χ0) is 46.3. The van der Waals surface area contributed by atoms with Crippen LogP contribution in [-0.4, -0.2) is 118 Å². The fourth-order valence-corrected chi connectivity index (χ4v) is 8.10. The molecule has 1 atom stereocenters. The van der Waals surface area contributed by atoms with Gasteiger partial charge in [0, 0.05) is 48.3 Å². The van der Waals surface area contributed by atoms with Crippen LogP contribution in [0.2, 0.25) is 0 Å². The highest BCUT2D eigenvalue weighted by molar-refractivity contribution is 5.98. The first kappa shape index (κ1) is 47.3. The third-order valence-corrected chi connectivity index (χ3v) is 12.2. The molecule has 6 rings (SSSR count). The molecule has 3 aromatic carbocycles. The lowest BCUT2D eigenvalue weighted by molar-refractivity contribution is -0.231. The maximum absolute atomic E-state index is 14.3. The minimum absolute atomic E-state index is 0.0860. The van der Waals surface area contributed by atoms with Gasteiger partial charge in [0.25, 0.3) is 5.91 Å². The average Bonchev–Trinajstić information content (AvgIpc) is 3.80. The fourth-order valence-electron chi connectivity index (χ4n) is 8.10. The number of hydrogen-bond donors (Lipinski definition) is 6. The maximum Gasteiger partial charge on any atom is 0.411 e. The van der Waals surface area contributed by atoms with Gasteiger partial charge in [0.1, 0.15) is 6.04 Å². The number of benzene rings is 3. The van der Waals surface area contributed by atoms with Crippen molar-refractivity contribution in [2.45, 2.75) is 75.8 Å². The Kier molecular flexibility index (Phi) is 14.8. The number of nitrogens with zero attached hydrogens (tertiary/aromatic N) is 4. The van der Waals surface area contributed by atoms with Gasteiger partial charge in [0.15, 0.2) is 5.82 Å². The maximum atomic E-state index is 14.3. The lowest BCUT2D eigenvalue weighted by Gasteiger charge is -2.35. The van der Waals surface area contributed by atoms with Gasteiger partial charge in [0.2, 0.25) is 23.5 Å². The summed E-state index contributed by atoms with van der Waals surface area (Å²) in [5.41, 5.74) is 9.94. The quantitative estimate of drug-likeness (QED) is 0.0831. The fraction of sp³-hybridized carbons (Fsp3) is 0.444. The number of H-pyrrole nitrogens is 1. The highest BCUT2D eigenvalue weighted by Gasteiger charge is 2.65. The van der Waals surface area contributed by atoms with Crippen LogP contribution in [0.3, 0.4) is 0 Å². The molecule has 1 aromatic heterocycles. The molecule has 15 nitrogen and oxygen atoms in total. The van der Waals surface area contributed by atoms with E-state index in [-0.39, 0.29) is 53.7 Å². The van der Waals surface area contributed by atoms with Crippen molar-refractivity contribution in [1.29, 1.82) is 0 Å². The Morgan fingerprint density at radius 2 is 1.53 bits per heavy atom. The molecular formula is C45H53F4N9O6. The van der Waals surface area contributed by atoms with E-state index in [1.165, 1.54) is 24.3 Å². The molecule has 4 amide bonds. The van der Waals surface area contributed by atoms with Crippen molar-refractivity contribution in [3.05, 3.63) is 89.2 Å². The van der Waals surface area contributed by atoms with Crippen molar-refractivity contribution < 1.29 is 46.6 Å². The number of carboxylic acids is 1. The third kappa shape index (κ3) is 10.9. The second-order valence-corrected chi connectivity index (χ2v) is 16.7. The Hall–Kier alpha value is -6.21. The van der Waals surface area contributed by atoms with E-state index >= 15 is 0 Å². The molecule has 1 saturated heterocycles. The van der Waals surface area contributed by atoms with Crippen molar-refractivity contribution in [3.63, 3.8) is 0 Å². The smallest absolute Gasteiger partial charge is 0.411 e. The minimum atomic E-state index is -5.45. The van der Waals surface area contributed by atoms with Gasteiger partial charge >= 0.3 is 17.8 Å². The number of hydrogen-bond acceptors (Lipinski definition) is 9. The van der Waals surface area contributed by atoms with Crippen molar-refractivity contribution in [3.8, 4) is 22.5 Å². The van der Waals surface area contributed by atoms with Crippen molar-refractivity contribution >= 4 is 35.3 Å². The number of anilines is 1. The summed E-state index contributed by atoms with van der Waals surface area (Å²) in [4.78, 5) is 69.9. The van der Waals surface area contributed by atoms with Gasteiger partial charge in [-0.3, -0.25) is 19.2 Å². The Labute approximate surface area is 367 Å². The average molecular weight is 892 g/mol. The molecule has 2 heterocycles. The molecule has 1 saturated carbocycles. The van der Waals surface area contributed by atoms with E-state index in [1.54, 1.807) is 17.0 Å². The number of aryl methyl sites for hydroxylation is 1. The zero-order valence-electron chi connectivity index (χ0n) is 35.8. The first-order chi connectivity index (χ1) is 30.4. The van der Waals surface area contributed by atoms with E-state index in [9.17, 15) is 41.5 Å². The number of carbonyl (C=O) groups excluding carboxylic acids is 4. The number of aromatic amines is 1. The molecule has 4 aromatic rings. The van der Waals surface area contributed by atoms with Crippen molar-refractivity contribution in [1.82, 2.24) is 35.6 Å². The number of nitrogens with two attached hydrogens (primary N) is 1. The molecule has 1 aliphatic carbocycles.